The van der Waals surface area contributed by atoms with Crippen LogP contribution < -0.4 is 10.1 Å². The van der Waals surface area contributed by atoms with Crippen molar-refractivity contribution in [2.45, 2.75) is 18.2 Å². The van der Waals surface area contributed by atoms with Gasteiger partial charge in [-0.15, -0.1) is 10.2 Å². The lowest BCUT2D eigenvalue weighted by atomic mass is 10.2. The Kier molecular flexibility index (Phi) is 6.92. The average Bonchev–Trinajstić information content (AvgIpc) is 2.65. The molecule has 13 heteroatoms. The molecule has 0 heterocycles. The number of azo groups is 1. The number of nitrogens with one attached hydrogen (secondary N) is 1. The van der Waals surface area contributed by atoms with Gasteiger partial charge in [0.25, 0.3) is 5.69 Å². The van der Waals surface area contributed by atoms with Crippen LogP contribution in [0, 0.1) is 10.1 Å². The molecule has 0 fully saturated rings. The molecule has 0 aliphatic rings. The number of benzene rings is 2. The van der Waals surface area contributed by atoms with E-state index in [1.807, 2.05) is 0 Å². The first-order valence-corrected chi connectivity index (χ1v) is 9.61. The number of ketones is 1. The van der Waals surface area contributed by atoms with Crippen molar-refractivity contribution in [3.8, 4) is 5.75 Å². The number of hydrogen-bond acceptors (Lipinski definition) is 9. The monoisotopic (exact) mass is 436 g/mol. The van der Waals surface area contributed by atoms with Crippen LogP contribution in [0.3, 0.4) is 0 Å². The fourth-order valence-electron chi connectivity index (χ4n) is 2.36. The molecule has 2 aromatic rings. The number of rotatable bonds is 8. The van der Waals surface area contributed by atoms with Crippen molar-refractivity contribution in [2.75, 3.05) is 12.4 Å². The predicted molar refractivity (Wildman–Crippen MR) is 104 cm³/mol. The number of carbonyl (C=O) groups is 2. The fraction of sp³-hybridized carbons (Fsp3) is 0.176. The Morgan fingerprint density at radius 2 is 1.87 bits per heavy atom. The Labute approximate surface area is 170 Å². The largest absolute Gasteiger partial charge is 0.497 e. The lowest BCUT2D eigenvalue weighted by Gasteiger charge is -2.09. The summed E-state index contributed by atoms with van der Waals surface area (Å²) in [6, 6.07) is 7.43. The Balaban J connectivity index is 2.53. The maximum absolute atomic E-state index is 11.9. The zero-order valence-electron chi connectivity index (χ0n) is 15.7. The van der Waals surface area contributed by atoms with Gasteiger partial charge in [0.15, 0.2) is 4.90 Å². The third-order valence-corrected chi connectivity index (χ3v) is 4.52. The molecule has 0 aliphatic carbocycles. The number of carbonyl (C=O) groups excluding carboxylic acids is 2. The molecule has 0 radical (unpaired) electrons. The molecule has 1 amide bonds. The van der Waals surface area contributed by atoms with Gasteiger partial charge in [-0.25, -0.2) is 0 Å². The molecule has 158 valence electrons. The molecule has 2 aromatic carbocycles. The highest BCUT2D eigenvalue weighted by Crippen LogP contribution is 2.36. The topological polar surface area (TPSA) is 178 Å². The van der Waals surface area contributed by atoms with Crippen molar-refractivity contribution in [3.05, 3.63) is 46.5 Å². The standard InChI is InChI=1S/C17H16N4O8S/c1-10(22)8-16(23)18-14-9-11(29-2)6-7-12(14)19-20-13-4-3-5-15(21(24)25)17(13)30(26,27)28/h3-7,9H,8H2,1-2H3,(H,18,23)(H,26,27,28). The molecule has 0 unspecified atom stereocenters. The summed E-state index contributed by atoms with van der Waals surface area (Å²) in [5.41, 5.74) is -1.22. The van der Waals surface area contributed by atoms with Crippen LogP contribution in [-0.2, 0) is 19.7 Å². The van der Waals surface area contributed by atoms with Gasteiger partial charge in [0, 0.05) is 12.1 Å². The van der Waals surface area contributed by atoms with Crippen molar-refractivity contribution < 1.29 is 32.2 Å². The number of methoxy groups -OCH3 is 1. The SMILES string of the molecule is COc1ccc(N=Nc2cccc([N+](=O)[O-])c2S(=O)(=O)O)c(NC(=O)CC(C)=O)c1. The summed E-state index contributed by atoms with van der Waals surface area (Å²) in [5, 5.41) is 21.1. The third kappa shape index (κ3) is 5.65. The van der Waals surface area contributed by atoms with E-state index in [1.165, 1.54) is 38.3 Å². The maximum atomic E-state index is 11.9. The molecule has 0 atom stereocenters. The second-order valence-electron chi connectivity index (χ2n) is 5.87. The van der Waals surface area contributed by atoms with Crippen LogP contribution in [0.1, 0.15) is 13.3 Å². The van der Waals surface area contributed by atoms with Crippen molar-refractivity contribution in [1.82, 2.24) is 0 Å². The van der Waals surface area contributed by atoms with E-state index in [9.17, 15) is 32.7 Å². The van der Waals surface area contributed by atoms with E-state index in [1.54, 1.807) is 0 Å². The van der Waals surface area contributed by atoms with Crippen LogP contribution in [0.15, 0.2) is 51.5 Å². The molecule has 2 rings (SSSR count). The van der Waals surface area contributed by atoms with Crippen LogP contribution in [0.2, 0.25) is 0 Å². The fourth-order valence-corrected chi connectivity index (χ4v) is 3.14. The molecule has 2 N–H and O–H groups in total. The summed E-state index contributed by atoms with van der Waals surface area (Å²) in [7, 11) is -3.60. The van der Waals surface area contributed by atoms with Gasteiger partial charge < -0.3 is 10.1 Å². The zero-order valence-corrected chi connectivity index (χ0v) is 16.5. The Morgan fingerprint density at radius 3 is 2.43 bits per heavy atom. The van der Waals surface area contributed by atoms with Gasteiger partial charge in [0.05, 0.1) is 24.1 Å². The predicted octanol–water partition coefficient (Wildman–Crippen LogP) is 3.18. The van der Waals surface area contributed by atoms with E-state index in [4.69, 9.17) is 4.74 Å². The average molecular weight is 436 g/mol. The molecule has 30 heavy (non-hydrogen) atoms. The van der Waals surface area contributed by atoms with Crippen molar-refractivity contribution in [1.29, 1.82) is 0 Å². The lowest BCUT2D eigenvalue weighted by Crippen LogP contribution is -2.14. The van der Waals surface area contributed by atoms with Crippen molar-refractivity contribution >= 4 is 44.6 Å². The Hall–Kier alpha value is -3.71. The van der Waals surface area contributed by atoms with E-state index in [-0.39, 0.29) is 23.6 Å². The van der Waals surface area contributed by atoms with E-state index in [0.717, 1.165) is 12.1 Å². The quantitative estimate of drug-likeness (QED) is 0.208. The van der Waals surface area contributed by atoms with Gasteiger partial charge in [-0.1, -0.05) is 6.07 Å². The Morgan fingerprint density at radius 1 is 1.20 bits per heavy atom. The molecule has 0 bridgehead atoms. The van der Waals surface area contributed by atoms with Crippen molar-refractivity contribution in [2.24, 2.45) is 10.2 Å². The first-order chi connectivity index (χ1) is 14.0. The summed E-state index contributed by atoms with van der Waals surface area (Å²) in [6.07, 6.45) is -0.383. The van der Waals surface area contributed by atoms with Gasteiger partial charge in [0.1, 0.15) is 22.9 Å². The van der Waals surface area contributed by atoms with E-state index in [0.29, 0.717) is 5.75 Å². The minimum Gasteiger partial charge on any atom is -0.497 e. The molecule has 0 spiro atoms. The number of hydrogen-bond donors (Lipinski definition) is 2. The van der Waals surface area contributed by atoms with E-state index < -0.39 is 37.2 Å². The summed E-state index contributed by atoms with van der Waals surface area (Å²) in [5.74, 6) is -0.643. The first-order valence-electron chi connectivity index (χ1n) is 8.17. The summed E-state index contributed by atoms with van der Waals surface area (Å²) in [6.45, 7) is 1.24. The zero-order chi connectivity index (χ0) is 22.5. The molecule has 0 aliphatic heterocycles. The molecule has 12 nitrogen and oxygen atoms in total. The Bertz CT molecular complexity index is 1140. The number of anilines is 1. The first kappa shape index (κ1) is 22.6. The second kappa shape index (κ2) is 9.19. The highest BCUT2D eigenvalue weighted by Gasteiger charge is 2.28. The number of nitrogens with zero attached hydrogens (tertiary/aromatic N) is 3. The number of ether oxygens (including phenoxy) is 1. The minimum absolute atomic E-state index is 0.0421. The van der Waals surface area contributed by atoms with Crippen LogP contribution in [0.5, 0.6) is 5.75 Å². The molecule has 0 saturated heterocycles. The van der Waals surface area contributed by atoms with Crippen molar-refractivity contribution in [3.63, 3.8) is 0 Å². The number of amides is 1. The summed E-state index contributed by atoms with van der Waals surface area (Å²) in [4.78, 5) is 32.1. The van der Waals surface area contributed by atoms with Gasteiger partial charge in [0.2, 0.25) is 5.91 Å². The molecular formula is C17H16N4O8S. The maximum Gasteiger partial charge on any atom is 0.303 e. The highest BCUT2D eigenvalue weighted by atomic mass is 32.2. The van der Waals surface area contributed by atoms with Crippen LogP contribution in [0.4, 0.5) is 22.7 Å². The normalized spacial score (nSPS) is 11.3. The number of nitro groups is 1. The summed E-state index contributed by atoms with van der Waals surface area (Å²) < 4.78 is 37.7. The van der Waals surface area contributed by atoms with Crippen LogP contribution in [-0.4, -0.2) is 36.7 Å². The van der Waals surface area contributed by atoms with Gasteiger partial charge in [-0.05, 0) is 25.1 Å². The smallest absolute Gasteiger partial charge is 0.303 e. The third-order valence-electron chi connectivity index (χ3n) is 3.58. The van der Waals surface area contributed by atoms with Gasteiger partial charge in [-0.2, -0.15) is 8.42 Å². The van der Waals surface area contributed by atoms with Crippen LogP contribution >= 0.6 is 0 Å². The number of nitro benzene ring substituents is 1. The highest BCUT2D eigenvalue weighted by molar-refractivity contribution is 7.86. The summed E-state index contributed by atoms with van der Waals surface area (Å²) >= 11 is 0. The lowest BCUT2D eigenvalue weighted by molar-refractivity contribution is -0.387. The molecule has 0 aromatic heterocycles. The van der Waals surface area contributed by atoms with E-state index >= 15 is 0 Å². The second-order valence-corrected chi connectivity index (χ2v) is 7.23. The molecular weight excluding hydrogens is 420 g/mol. The van der Waals surface area contributed by atoms with Gasteiger partial charge in [-0.3, -0.25) is 24.3 Å². The number of Topliss-reactive ketones (excluding diaryl/α,β-unsaturated/α-hetero) is 1. The molecule has 0 saturated carbocycles. The van der Waals surface area contributed by atoms with Gasteiger partial charge >= 0.3 is 10.1 Å². The van der Waals surface area contributed by atoms with Crippen LogP contribution in [0.25, 0.3) is 0 Å². The minimum atomic E-state index is -4.99. The van der Waals surface area contributed by atoms with E-state index in [2.05, 4.69) is 15.5 Å².